The van der Waals surface area contributed by atoms with Gasteiger partial charge in [0.25, 0.3) is 3.92 Å². The summed E-state index contributed by atoms with van der Waals surface area (Å²) in [6.07, 6.45) is 0. The van der Waals surface area contributed by atoms with E-state index in [9.17, 15) is 10.1 Å². The Kier molecular flexibility index (Phi) is 2.22. The molecule has 1 aromatic rings. The molecule has 7 heteroatoms. The second-order valence-electron chi connectivity index (χ2n) is 1.32. The van der Waals surface area contributed by atoms with Crippen LogP contribution >= 0.6 is 38.9 Å². The number of nitrogens with zero attached hydrogens (tertiary/aromatic N) is 2. The minimum atomic E-state index is -0.621. The molecular weight excluding hydrogens is 243 g/mol. The molecule has 0 aliphatic heterocycles. The molecule has 0 aromatic carbocycles. The lowest BCUT2D eigenvalue weighted by atomic mass is 10.8. The Labute approximate surface area is 73.1 Å². The average molecular weight is 243 g/mol. The molecule has 1 aromatic heterocycles. The highest BCUT2D eigenvalue weighted by molar-refractivity contribution is 9.11. The topological polar surface area (TPSA) is 56.0 Å². The molecule has 0 aliphatic carbocycles. The van der Waals surface area contributed by atoms with Crippen LogP contribution in [0.4, 0.5) is 5.82 Å². The molecule has 0 atom stereocenters. The van der Waals surface area contributed by atoms with Gasteiger partial charge in [-0.15, -0.1) is 0 Å². The summed E-state index contributed by atoms with van der Waals surface area (Å²) in [5.41, 5.74) is 0. The zero-order valence-electron chi connectivity index (χ0n) is 4.38. The molecule has 10 heavy (non-hydrogen) atoms. The summed E-state index contributed by atoms with van der Waals surface area (Å²) in [5, 5.41) is 10.1. The van der Waals surface area contributed by atoms with E-state index in [0.29, 0.717) is 3.92 Å². The van der Waals surface area contributed by atoms with Gasteiger partial charge < -0.3 is 10.1 Å². The van der Waals surface area contributed by atoms with Crippen molar-refractivity contribution in [1.82, 2.24) is 4.98 Å². The highest BCUT2D eigenvalue weighted by atomic mass is 79.9. The largest absolute Gasteiger partial charge is 0.394 e. The first-order chi connectivity index (χ1) is 4.61. The quantitative estimate of drug-likeness (QED) is 0.562. The molecule has 0 N–H and O–H groups in total. The molecule has 4 nitrogen and oxygen atoms in total. The number of hydrogen-bond donors (Lipinski definition) is 0. The fourth-order valence-corrected chi connectivity index (χ4v) is 2.14. The summed E-state index contributed by atoms with van der Waals surface area (Å²) >= 11 is 9.42. The highest BCUT2D eigenvalue weighted by Crippen LogP contribution is 2.32. The van der Waals surface area contributed by atoms with Gasteiger partial charge in [0.15, 0.2) is 4.34 Å². The Morgan fingerprint density at radius 1 is 1.80 bits per heavy atom. The van der Waals surface area contributed by atoms with Crippen molar-refractivity contribution in [3.63, 3.8) is 0 Å². The second-order valence-corrected chi connectivity index (χ2v) is 4.20. The van der Waals surface area contributed by atoms with Gasteiger partial charge in [-0.2, -0.15) is 0 Å². The van der Waals surface area contributed by atoms with E-state index < -0.39 is 4.92 Å². The minimum Gasteiger partial charge on any atom is -0.358 e. The van der Waals surface area contributed by atoms with E-state index >= 15 is 0 Å². The third-order valence-electron chi connectivity index (χ3n) is 0.716. The van der Waals surface area contributed by atoms with Crippen molar-refractivity contribution in [1.29, 1.82) is 0 Å². The minimum absolute atomic E-state index is 0.0943. The van der Waals surface area contributed by atoms with E-state index in [2.05, 4.69) is 20.9 Å². The van der Waals surface area contributed by atoms with Crippen molar-refractivity contribution >= 4 is 44.7 Å². The Hall–Kier alpha value is -0.200. The van der Waals surface area contributed by atoms with Gasteiger partial charge in [0, 0.05) is 15.9 Å². The molecule has 0 unspecified atom stereocenters. The molecule has 0 radical (unpaired) electrons. The lowest BCUT2D eigenvalue weighted by Gasteiger charge is -1.84. The zero-order chi connectivity index (χ0) is 7.72. The summed E-state index contributed by atoms with van der Waals surface area (Å²) in [4.78, 5) is 13.0. The second kappa shape index (κ2) is 2.81. The Morgan fingerprint density at radius 3 is 2.60 bits per heavy atom. The molecule has 1 rings (SSSR count). The van der Waals surface area contributed by atoms with Crippen LogP contribution in [0.15, 0.2) is 3.92 Å². The van der Waals surface area contributed by atoms with Crippen LogP contribution in [0.2, 0.25) is 4.34 Å². The standard InChI is InChI=1S/C3BrClN2O2S/c4-3-6-2(7(8)9)1(5)10-3. The van der Waals surface area contributed by atoms with Crippen molar-refractivity contribution in [3.05, 3.63) is 18.4 Å². The molecule has 0 bridgehead atoms. The number of halogens is 2. The van der Waals surface area contributed by atoms with Crippen LogP contribution in [0.25, 0.3) is 0 Å². The number of rotatable bonds is 1. The summed E-state index contributed by atoms with van der Waals surface area (Å²) in [5.74, 6) is -0.293. The zero-order valence-corrected chi connectivity index (χ0v) is 7.53. The van der Waals surface area contributed by atoms with Gasteiger partial charge >= 0.3 is 5.82 Å². The molecule has 0 saturated heterocycles. The van der Waals surface area contributed by atoms with Crippen LogP contribution in [0.3, 0.4) is 0 Å². The van der Waals surface area contributed by atoms with Gasteiger partial charge in [-0.05, 0) is 9.91 Å². The third kappa shape index (κ3) is 1.44. The smallest absolute Gasteiger partial charge is 0.358 e. The van der Waals surface area contributed by atoms with Gasteiger partial charge in [0.1, 0.15) is 0 Å². The van der Waals surface area contributed by atoms with Gasteiger partial charge in [-0.25, -0.2) is 0 Å². The van der Waals surface area contributed by atoms with Crippen LogP contribution in [0.5, 0.6) is 0 Å². The van der Waals surface area contributed by atoms with E-state index in [4.69, 9.17) is 11.6 Å². The molecular formula is C3BrClN2O2S. The fourth-order valence-electron chi connectivity index (χ4n) is 0.382. The van der Waals surface area contributed by atoms with Crippen molar-refractivity contribution in [2.75, 3.05) is 0 Å². The van der Waals surface area contributed by atoms with E-state index in [1.807, 2.05) is 0 Å². The predicted molar refractivity (Wildman–Crippen MR) is 41.5 cm³/mol. The summed E-state index contributed by atoms with van der Waals surface area (Å²) in [7, 11) is 0. The van der Waals surface area contributed by atoms with Gasteiger partial charge in [0.05, 0.1) is 0 Å². The number of nitro groups is 1. The van der Waals surface area contributed by atoms with E-state index in [0.717, 1.165) is 11.3 Å². The molecule has 0 amide bonds. The van der Waals surface area contributed by atoms with Crippen molar-refractivity contribution in [3.8, 4) is 0 Å². The summed E-state index contributed by atoms with van der Waals surface area (Å²) in [6.45, 7) is 0. The highest BCUT2D eigenvalue weighted by Gasteiger charge is 2.18. The van der Waals surface area contributed by atoms with Gasteiger partial charge in [-0.1, -0.05) is 22.9 Å². The number of thiazole rings is 1. The van der Waals surface area contributed by atoms with E-state index in [1.165, 1.54) is 0 Å². The summed E-state index contributed by atoms with van der Waals surface area (Å²) < 4.78 is 0.515. The molecule has 0 aliphatic rings. The maximum absolute atomic E-state index is 10.1. The van der Waals surface area contributed by atoms with Gasteiger partial charge in [0.2, 0.25) is 0 Å². The molecule has 54 valence electrons. The van der Waals surface area contributed by atoms with E-state index in [1.54, 1.807) is 0 Å². The van der Waals surface area contributed by atoms with Crippen molar-refractivity contribution in [2.24, 2.45) is 0 Å². The maximum Gasteiger partial charge on any atom is 0.394 e. The van der Waals surface area contributed by atoms with Crippen LogP contribution in [-0.4, -0.2) is 9.91 Å². The van der Waals surface area contributed by atoms with Crippen LogP contribution in [-0.2, 0) is 0 Å². The fraction of sp³-hybridized carbons (Fsp3) is 0. The van der Waals surface area contributed by atoms with Crippen molar-refractivity contribution in [2.45, 2.75) is 0 Å². The first kappa shape index (κ1) is 7.90. The Morgan fingerprint density at radius 2 is 2.40 bits per heavy atom. The summed E-state index contributed by atoms with van der Waals surface area (Å²) in [6, 6.07) is 0. The van der Waals surface area contributed by atoms with Crippen LogP contribution in [0, 0.1) is 10.1 Å². The van der Waals surface area contributed by atoms with Gasteiger partial charge in [-0.3, -0.25) is 0 Å². The Bertz CT molecular complexity index is 275. The monoisotopic (exact) mass is 242 g/mol. The average Bonchev–Trinajstić information content (AvgIpc) is 2.10. The molecule has 0 saturated carbocycles. The van der Waals surface area contributed by atoms with E-state index in [-0.39, 0.29) is 10.2 Å². The van der Waals surface area contributed by atoms with Crippen LogP contribution < -0.4 is 0 Å². The first-order valence-corrected chi connectivity index (χ1v) is 4.06. The first-order valence-electron chi connectivity index (χ1n) is 2.07. The number of aromatic nitrogens is 1. The SMILES string of the molecule is O=[N+]([O-])c1nc(Br)sc1Cl. The lowest BCUT2D eigenvalue weighted by Crippen LogP contribution is -1.87. The molecule has 1 heterocycles. The lowest BCUT2D eigenvalue weighted by molar-refractivity contribution is -0.389. The normalized spacial score (nSPS) is 9.80. The Balaban J connectivity index is 3.15. The predicted octanol–water partition coefficient (Wildman–Crippen LogP) is 2.47. The third-order valence-corrected chi connectivity index (χ3v) is 2.40. The van der Waals surface area contributed by atoms with Crippen LogP contribution in [0.1, 0.15) is 0 Å². The maximum atomic E-state index is 10.1. The molecule has 0 fully saturated rings. The van der Waals surface area contributed by atoms with Crippen molar-refractivity contribution < 1.29 is 4.92 Å². The number of hydrogen-bond acceptors (Lipinski definition) is 4. The molecule has 0 spiro atoms.